The molecule has 0 aromatic rings. The highest BCUT2D eigenvalue weighted by atomic mass is 32.3. The van der Waals surface area contributed by atoms with E-state index in [0.29, 0.717) is 0 Å². The first-order valence-electron chi connectivity index (χ1n) is 11.8. The van der Waals surface area contributed by atoms with Gasteiger partial charge < -0.3 is 0 Å². The summed E-state index contributed by atoms with van der Waals surface area (Å²) in [5.41, 5.74) is 0. The summed E-state index contributed by atoms with van der Waals surface area (Å²) in [5.74, 6) is 0.0617. The predicted molar refractivity (Wildman–Crippen MR) is 120 cm³/mol. The van der Waals surface area contributed by atoms with Gasteiger partial charge in [0.05, 0.1) is 6.61 Å². The van der Waals surface area contributed by atoms with Crippen LogP contribution in [0, 0.1) is 5.92 Å². The Kier molecular flexibility index (Phi) is 19.6. The molecular weight excluding hydrogens is 372 g/mol. The summed E-state index contributed by atoms with van der Waals surface area (Å²) in [6.07, 6.45) is 25.3. The van der Waals surface area contributed by atoms with Crippen LogP contribution in [-0.4, -0.2) is 19.6 Å². The van der Waals surface area contributed by atoms with Crippen molar-refractivity contribution in [1.82, 2.24) is 0 Å². The van der Waals surface area contributed by atoms with E-state index in [9.17, 15) is 8.42 Å². The van der Waals surface area contributed by atoms with Crippen molar-refractivity contribution in [3.8, 4) is 0 Å². The fourth-order valence-electron chi connectivity index (χ4n) is 3.46. The number of allylic oxidation sites excluding steroid dienone is 1. The van der Waals surface area contributed by atoms with Gasteiger partial charge in [-0.25, -0.2) is 4.18 Å². The lowest BCUT2D eigenvalue weighted by Gasteiger charge is -2.12. The minimum Gasteiger partial charge on any atom is -0.264 e. The second-order valence-corrected chi connectivity index (χ2v) is 9.17. The Labute approximate surface area is 175 Å². The van der Waals surface area contributed by atoms with Gasteiger partial charge in [0.25, 0.3) is 0 Å². The average molecular weight is 419 g/mol. The van der Waals surface area contributed by atoms with Crippen molar-refractivity contribution in [2.24, 2.45) is 5.92 Å². The lowest BCUT2D eigenvalue weighted by atomic mass is 9.99. The van der Waals surface area contributed by atoms with Crippen LogP contribution in [0.2, 0.25) is 0 Å². The summed E-state index contributed by atoms with van der Waals surface area (Å²) in [6, 6.07) is 0. The van der Waals surface area contributed by atoms with Crippen molar-refractivity contribution in [3.63, 3.8) is 0 Å². The van der Waals surface area contributed by atoms with Crippen LogP contribution in [0.1, 0.15) is 123 Å². The smallest absolute Gasteiger partial charge is 0.264 e. The maximum atomic E-state index is 10.9. The molecule has 28 heavy (non-hydrogen) atoms. The molecule has 4 nitrogen and oxygen atoms in total. The predicted octanol–water partition coefficient (Wildman–Crippen LogP) is 7.65. The molecule has 0 aliphatic carbocycles. The zero-order valence-electron chi connectivity index (χ0n) is 18.5. The van der Waals surface area contributed by atoms with Gasteiger partial charge in [-0.2, -0.15) is 8.42 Å². The fourth-order valence-corrected chi connectivity index (χ4v) is 3.80. The van der Waals surface area contributed by atoms with Gasteiger partial charge in [0.2, 0.25) is 0 Å². The summed E-state index contributed by atoms with van der Waals surface area (Å²) < 4.78 is 35.2. The summed E-state index contributed by atoms with van der Waals surface area (Å²) in [4.78, 5) is 0. The summed E-state index contributed by atoms with van der Waals surface area (Å²) >= 11 is 0. The molecule has 0 spiro atoms. The van der Waals surface area contributed by atoms with Crippen molar-refractivity contribution in [2.45, 2.75) is 123 Å². The SMILES string of the molecule is CCCCCCCCCC/C=C/C(CCCCCCCCC)COS(=O)(=O)O. The third-order valence-electron chi connectivity index (χ3n) is 5.24. The van der Waals surface area contributed by atoms with Crippen molar-refractivity contribution in [3.05, 3.63) is 12.2 Å². The highest BCUT2D eigenvalue weighted by Gasteiger charge is 2.11. The zero-order chi connectivity index (χ0) is 20.9. The van der Waals surface area contributed by atoms with Gasteiger partial charge >= 0.3 is 10.4 Å². The molecule has 0 amide bonds. The summed E-state index contributed by atoms with van der Waals surface area (Å²) in [5, 5.41) is 0. The molecule has 0 aromatic heterocycles. The number of hydrogen-bond acceptors (Lipinski definition) is 3. The van der Waals surface area contributed by atoms with Crippen LogP contribution < -0.4 is 0 Å². The van der Waals surface area contributed by atoms with Crippen LogP contribution in [0.5, 0.6) is 0 Å². The lowest BCUT2D eigenvalue weighted by Crippen LogP contribution is -2.12. The number of hydrogen-bond donors (Lipinski definition) is 1. The van der Waals surface area contributed by atoms with Crippen LogP contribution in [0.3, 0.4) is 0 Å². The maximum Gasteiger partial charge on any atom is 0.397 e. The minimum absolute atomic E-state index is 0.0442. The monoisotopic (exact) mass is 418 g/mol. The summed E-state index contributed by atoms with van der Waals surface area (Å²) in [7, 11) is -4.35. The molecule has 0 fully saturated rings. The van der Waals surface area contributed by atoms with E-state index in [1.165, 1.54) is 89.9 Å². The van der Waals surface area contributed by atoms with Crippen molar-refractivity contribution in [2.75, 3.05) is 6.61 Å². The molecule has 0 saturated heterocycles. The third kappa shape index (κ3) is 21.9. The zero-order valence-corrected chi connectivity index (χ0v) is 19.4. The van der Waals surface area contributed by atoms with Gasteiger partial charge in [0.1, 0.15) is 0 Å². The fraction of sp³-hybridized carbons (Fsp3) is 0.913. The van der Waals surface area contributed by atoms with E-state index in [1.807, 2.05) is 0 Å². The van der Waals surface area contributed by atoms with Crippen molar-refractivity contribution in [1.29, 1.82) is 0 Å². The van der Waals surface area contributed by atoms with Crippen LogP contribution >= 0.6 is 0 Å². The van der Waals surface area contributed by atoms with E-state index in [1.54, 1.807) is 0 Å². The van der Waals surface area contributed by atoms with E-state index < -0.39 is 10.4 Å². The largest absolute Gasteiger partial charge is 0.397 e. The van der Waals surface area contributed by atoms with E-state index in [2.05, 4.69) is 30.2 Å². The normalized spacial score (nSPS) is 13.4. The van der Waals surface area contributed by atoms with Gasteiger partial charge in [-0.15, -0.1) is 0 Å². The van der Waals surface area contributed by atoms with Gasteiger partial charge in [0.15, 0.2) is 0 Å². The Morgan fingerprint density at radius 1 is 0.750 bits per heavy atom. The van der Waals surface area contributed by atoms with Crippen LogP contribution in [0.15, 0.2) is 12.2 Å². The molecule has 0 heterocycles. The first kappa shape index (κ1) is 27.6. The molecular formula is C23H46O4S. The molecule has 0 aromatic carbocycles. The Morgan fingerprint density at radius 2 is 1.21 bits per heavy atom. The molecule has 0 rings (SSSR count). The van der Waals surface area contributed by atoms with Crippen molar-refractivity contribution < 1.29 is 17.2 Å². The lowest BCUT2D eigenvalue weighted by molar-refractivity contribution is 0.234. The first-order chi connectivity index (χ1) is 13.5. The van der Waals surface area contributed by atoms with Gasteiger partial charge in [-0.3, -0.25) is 4.55 Å². The van der Waals surface area contributed by atoms with E-state index in [-0.39, 0.29) is 12.5 Å². The molecule has 5 heteroatoms. The molecule has 1 unspecified atom stereocenters. The van der Waals surface area contributed by atoms with E-state index in [0.717, 1.165) is 19.3 Å². The van der Waals surface area contributed by atoms with Crippen LogP contribution in [0.4, 0.5) is 0 Å². The van der Waals surface area contributed by atoms with Crippen LogP contribution in [-0.2, 0) is 14.6 Å². The highest BCUT2D eigenvalue weighted by molar-refractivity contribution is 7.80. The van der Waals surface area contributed by atoms with E-state index >= 15 is 0 Å². The quantitative estimate of drug-likeness (QED) is 0.118. The van der Waals surface area contributed by atoms with E-state index in [4.69, 9.17) is 4.55 Å². The van der Waals surface area contributed by atoms with Gasteiger partial charge in [0, 0.05) is 5.92 Å². The molecule has 0 aliphatic heterocycles. The Balaban J connectivity index is 3.94. The standard InChI is InChI=1S/C23H46O4S/c1-3-5-7-9-11-12-13-15-17-19-21-23(22-27-28(24,25)26)20-18-16-14-10-8-6-4-2/h19,21,23H,3-18,20,22H2,1-2H3,(H,24,25,26)/b21-19+. The third-order valence-corrected chi connectivity index (χ3v) is 5.68. The Hall–Kier alpha value is -0.390. The molecule has 0 aliphatic rings. The van der Waals surface area contributed by atoms with Gasteiger partial charge in [-0.05, 0) is 19.3 Å². The number of unbranched alkanes of at least 4 members (excludes halogenated alkanes) is 14. The van der Waals surface area contributed by atoms with Crippen LogP contribution in [0.25, 0.3) is 0 Å². The maximum absolute atomic E-state index is 10.9. The molecule has 1 atom stereocenters. The number of rotatable bonds is 21. The second-order valence-electron chi connectivity index (χ2n) is 8.07. The Bertz CT molecular complexity index is 446. The van der Waals surface area contributed by atoms with Crippen molar-refractivity contribution >= 4 is 10.4 Å². The molecule has 1 N–H and O–H groups in total. The highest BCUT2D eigenvalue weighted by Crippen LogP contribution is 2.16. The average Bonchev–Trinajstić information content (AvgIpc) is 2.65. The molecule has 168 valence electrons. The first-order valence-corrected chi connectivity index (χ1v) is 13.1. The minimum atomic E-state index is -4.35. The summed E-state index contributed by atoms with van der Waals surface area (Å²) in [6.45, 7) is 4.51. The Morgan fingerprint density at radius 3 is 1.71 bits per heavy atom. The molecule has 0 radical (unpaired) electrons. The van der Waals surface area contributed by atoms with Gasteiger partial charge in [-0.1, -0.05) is 116 Å². The molecule has 0 saturated carbocycles. The second kappa shape index (κ2) is 19.9. The molecule has 0 bridgehead atoms. The topological polar surface area (TPSA) is 63.6 Å².